The first-order valence-electron chi connectivity index (χ1n) is 13.2. The van der Waals surface area contributed by atoms with E-state index in [0.717, 1.165) is 56.3 Å². The lowest BCUT2D eigenvalue weighted by molar-refractivity contribution is -0.122. The number of ketones is 1. The molecule has 0 spiro atoms. The Morgan fingerprint density at radius 1 is 1.09 bits per heavy atom. The number of anilines is 1. The quantitative estimate of drug-likeness (QED) is 0.562. The van der Waals surface area contributed by atoms with E-state index in [0.29, 0.717) is 23.5 Å². The highest BCUT2D eigenvalue weighted by molar-refractivity contribution is 6.03. The van der Waals surface area contributed by atoms with Gasteiger partial charge in [0.25, 0.3) is 0 Å². The van der Waals surface area contributed by atoms with Crippen molar-refractivity contribution in [3.63, 3.8) is 0 Å². The van der Waals surface area contributed by atoms with Crippen LogP contribution in [-0.2, 0) is 11.2 Å². The second-order valence-electron chi connectivity index (χ2n) is 11.5. The molecule has 2 N–H and O–H groups in total. The molecule has 1 aliphatic heterocycles. The number of rotatable bonds is 5. The minimum absolute atomic E-state index is 0.0501. The average Bonchev–Trinajstić information content (AvgIpc) is 3.16. The van der Waals surface area contributed by atoms with E-state index in [2.05, 4.69) is 62.6 Å². The lowest BCUT2D eigenvalue weighted by atomic mass is 9.47. The van der Waals surface area contributed by atoms with Gasteiger partial charge in [0.15, 0.2) is 5.78 Å². The summed E-state index contributed by atoms with van der Waals surface area (Å²) in [5.74, 6) is 2.38. The topological polar surface area (TPSA) is 58.2 Å². The monoisotopic (exact) mass is 448 g/mol. The van der Waals surface area contributed by atoms with Crippen LogP contribution in [0.4, 0.5) is 5.69 Å². The van der Waals surface area contributed by atoms with Gasteiger partial charge in [-0.05, 0) is 98.8 Å². The van der Waals surface area contributed by atoms with Crippen LogP contribution in [0, 0.1) is 34.5 Å². The predicted molar refractivity (Wildman–Crippen MR) is 133 cm³/mol. The molecule has 4 heteroatoms. The molecule has 0 saturated heterocycles. The highest BCUT2D eigenvalue weighted by Crippen LogP contribution is 2.65. The van der Waals surface area contributed by atoms with Gasteiger partial charge in [0.2, 0.25) is 5.91 Å². The Bertz CT molecular complexity index is 984. The average molecular weight is 449 g/mol. The zero-order valence-electron chi connectivity index (χ0n) is 20.7. The molecular formula is C29H40N2O2. The van der Waals surface area contributed by atoms with Gasteiger partial charge < -0.3 is 10.6 Å². The fourth-order valence-electron chi connectivity index (χ4n) is 8.31. The Labute approximate surface area is 199 Å². The molecule has 1 aromatic carbocycles. The smallest absolute Gasteiger partial charge is 0.243 e. The van der Waals surface area contributed by atoms with Crippen LogP contribution in [-0.4, -0.2) is 24.3 Å². The Kier molecular flexibility index (Phi) is 5.69. The standard InChI is InChI=1S/C29H40N2O2/c1-5-18-7-8-20(24(17-18)30-6-2)27(33)23-11-10-21-19-9-12-25-29(4,16-14-26(32)31-25)22(19)13-15-28(21,23)3/h7-8,14,16-17,19,21-23,25,30H,5-6,9-13,15H2,1-4H3,(H,31,32)/t19-,21-,22-,23+,25+,28-,29+/m0/s1. The number of hydrogen-bond donors (Lipinski definition) is 2. The van der Waals surface area contributed by atoms with Crippen LogP contribution in [0.2, 0.25) is 0 Å². The summed E-state index contributed by atoms with van der Waals surface area (Å²) in [5, 5.41) is 6.71. The molecule has 1 heterocycles. The summed E-state index contributed by atoms with van der Waals surface area (Å²) in [5.41, 5.74) is 3.30. The lowest BCUT2D eigenvalue weighted by Gasteiger charge is -2.58. The van der Waals surface area contributed by atoms with Crippen molar-refractivity contribution >= 4 is 17.4 Å². The van der Waals surface area contributed by atoms with Crippen LogP contribution in [0.15, 0.2) is 30.4 Å². The molecule has 0 bridgehead atoms. The van der Waals surface area contributed by atoms with Gasteiger partial charge in [-0.1, -0.05) is 32.9 Å². The van der Waals surface area contributed by atoms with Crippen molar-refractivity contribution in [3.8, 4) is 0 Å². The number of carbonyl (C=O) groups is 2. The van der Waals surface area contributed by atoms with E-state index in [4.69, 9.17) is 0 Å². The molecule has 1 aromatic rings. The van der Waals surface area contributed by atoms with Crippen molar-refractivity contribution in [2.24, 2.45) is 34.5 Å². The number of aryl methyl sites for hydroxylation is 1. The number of carbonyl (C=O) groups excluding carboxylic acids is 2. The maximum Gasteiger partial charge on any atom is 0.243 e. The minimum atomic E-state index is 0.0501. The van der Waals surface area contributed by atoms with Crippen LogP contribution in [0.5, 0.6) is 0 Å². The Balaban J connectivity index is 1.42. The van der Waals surface area contributed by atoms with E-state index in [1.165, 1.54) is 12.0 Å². The third-order valence-corrected chi connectivity index (χ3v) is 10.1. The fourth-order valence-corrected chi connectivity index (χ4v) is 8.31. The lowest BCUT2D eigenvalue weighted by Crippen LogP contribution is -2.59. The van der Waals surface area contributed by atoms with Gasteiger partial charge in [0.05, 0.1) is 0 Å². The number of Topliss-reactive ketones (excluding diaryl/α,β-unsaturated/α-hetero) is 1. The molecule has 5 rings (SSSR count). The van der Waals surface area contributed by atoms with Crippen molar-refractivity contribution in [3.05, 3.63) is 41.5 Å². The highest BCUT2D eigenvalue weighted by Gasteiger charge is 2.60. The third-order valence-electron chi connectivity index (χ3n) is 10.1. The van der Waals surface area contributed by atoms with Crippen molar-refractivity contribution in [2.45, 2.75) is 78.7 Å². The molecule has 0 unspecified atom stereocenters. The minimum Gasteiger partial charge on any atom is -0.385 e. The summed E-state index contributed by atoms with van der Waals surface area (Å²) in [4.78, 5) is 26.0. The normalized spacial score (nSPS) is 39.3. The van der Waals surface area contributed by atoms with E-state index in [1.54, 1.807) is 6.08 Å². The maximum absolute atomic E-state index is 14.0. The fraction of sp³-hybridized carbons (Fsp3) is 0.655. The largest absolute Gasteiger partial charge is 0.385 e. The van der Waals surface area contributed by atoms with E-state index in [-0.39, 0.29) is 28.7 Å². The second kappa shape index (κ2) is 8.29. The van der Waals surface area contributed by atoms with Gasteiger partial charge >= 0.3 is 0 Å². The summed E-state index contributed by atoms with van der Waals surface area (Å²) in [6.07, 6.45) is 11.6. The molecule has 7 atom stereocenters. The van der Waals surface area contributed by atoms with Gasteiger partial charge in [0.1, 0.15) is 0 Å². The maximum atomic E-state index is 14.0. The third kappa shape index (κ3) is 3.47. The van der Waals surface area contributed by atoms with Crippen LogP contribution >= 0.6 is 0 Å². The number of fused-ring (bicyclic) bond motifs is 5. The van der Waals surface area contributed by atoms with Gasteiger partial charge in [-0.3, -0.25) is 9.59 Å². The first kappa shape index (κ1) is 22.7. The van der Waals surface area contributed by atoms with Crippen molar-refractivity contribution in [2.75, 3.05) is 11.9 Å². The van der Waals surface area contributed by atoms with Gasteiger partial charge in [-0.15, -0.1) is 0 Å². The Morgan fingerprint density at radius 3 is 2.67 bits per heavy atom. The summed E-state index contributed by atoms with van der Waals surface area (Å²) in [7, 11) is 0. The zero-order chi connectivity index (χ0) is 23.4. The molecule has 33 heavy (non-hydrogen) atoms. The van der Waals surface area contributed by atoms with Crippen molar-refractivity contribution in [1.29, 1.82) is 0 Å². The highest BCUT2D eigenvalue weighted by atomic mass is 16.1. The van der Waals surface area contributed by atoms with Gasteiger partial charge in [-0.2, -0.15) is 0 Å². The summed E-state index contributed by atoms with van der Waals surface area (Å²) < 4.78 is 0. The van der Waals surface area contributed by atoms with E-state index in [9.17, 15) is 9.59 Å². The predicted octanol–water partition coefficient (Wildman–Crippen LogP) is 5.78. The van der Waals surface area contributed by atoms with Crippen LogP contribution in [0.1, 0.15) is 82.1 Å². The van der Waals surface area contributed by atoms with E-state index in [1.807, 2.05) is 0 Å². The number of hydrogen-bond acceptors (Lipinski definition) is 3. The SMILES string of the molecule is CCNc1cc(CC)ccc1C(=O)[C@H]1CC[C@H]2[C@@H]3CC[C@H]4NC(=O)C=C[C@]4(C)[C@H]3CC[C@]12C. The van der Waals surface area contributed by atoms with Crippen LogP contribution in [0.3, 0.4) is 0 Å². The molecule has 178 valence electrons. The molecule has 1 amide bonds. The van der Waals surface area contributed by atoms with Crippen LogP contribution in [0.25, 0.3) is 0 Å². The van der Waals surface area contributed by atoms with Gasteiger partial charge in [0, 0.05) is 35.2 Å². The summed E-state index contributed by atoms with van der Waals surface area (Å²) in [6, 6.07) is 6.64. The summed E-state index contributed by atoms with van der Waals surface area (Å²) >= 11 is 0. The first-order chi connectivity index (χ1) is 15.8. The number of nitrogens with one attached hydrogen (secondary N) is 2. The Hall–Kier alpha value is -2.10. The molecule has 3 fully saturated rings. The van der Waals surface area contributed by atoms with E-state index >= 15 is 0 Å². The van der Waals surface area contributed by atoms with E-state index < -0.39 is 0 Å². The van der Waals surface area contributed by atoms with Crippen LogP contribution < -0.4 is 10.6 Å². The molecule has 0 aromatic heterocycles. The number of benzene rings is 1. The van der Waals surface area contributed by atoms with Crippen molar-refractivity contribution < 1.29 is 9.59 Å². The molecule has 3 saturated carbocycles. The van der Waals surface area contributed by atoms with Gasteiger partial charge in [-0.25, -0.2) is 0 Å². The summed E-state index contributed by atoms with van der Waals surface area (Å²) in [6.45, 7) is 9.87. The number of amides is 1. The molecule has 0 radical (unpaired) electrons. The molecule has 4 aliphatic rings. The molecule has 3 aliphatic carbocycles. The van der Waals surface area contributed by atoms with Crippen molar-refractivity contribution in [1.82, 2.24) is 5.32 Å². The Morgan fingerprint density at radius 2 is 1.91 bits per heavy atom. The molecule has 4 nitrogen and oxygen atoms in total. The molecular weight excluding hydrogens is 408 g/mol. The second-order valence-corrected chi connectivity index (χ2v) is 11.5. The first-order valence-corrected chi connectivity index (χ1v) is 13.2. The zero-order valence-corrected chi connectivity index (χ0v) is 20.7.